The van der Waals surface area contributed by atoms with Crippen molar-refractivity contribution in [2.24, 2.45) is 0 Å². The van der Waals surface area contributed by atoms with Crippen LogP contribution in [0.4, 0.5) is 9.93 Å². The van der Waals surface area contributed by atoms with Gasteiger partial charge in [-0.1, -0.05) is 6.92 Å². The minimum Gasteiger partial charge on any atom is -0.444 e. The summed E-state index contributed by atoms with van der Waals surface area (Å²) in [7, 11) is 0. The Hall–Kier alpha value is -2.41. The zero-order valence-corrected chi connectivity index (χ0v) is 15.0. The fourth-order valence-corrected chi connectivity index (χ4v) is 2.97. The fourth-order valence-electron chi connectivity index (χ4n) is 2.39. The number of fused-ring (bicyclic) bond motifs is 1. The summed E-state index contributed by atoms with van der Waals surface area (Å²) in [5.74, 6) is 0.594. The van der Waals surface area contributed by atoms with E-state index in [2.05, 4.69) is 32.6 Å². The van der Waals surface area contributed by atoms with Gasteiger partial charge >= 0.3 is 6.09 Å². The van der Waals surface area contributed by atoms with Crippen LogP contribution in [0.15, 0.2) is 24.4 Å². The van der Waals surface area contributed by atoms with Gasteiger partial charge in [0.05, 0.1) is 0 Å². The summed E-state index contributed by atoms with van der Waals surface area (Å²) in [6, 6.07) is 6.06. The Labute approximate surface area is 144 Å². The number of amides is 1. The van der Waals surface area contributed by atoms with E-state index in [1.54, 1.807) is 0 Å². The number of ether oxygens (including phenoxy) is 1. The highest BCUT2D eigenvalue weighted by atomic mass is 32.1. The Kier molecular flexibility index (Phi) is 4.28. The van der Waals surface area contributed by atoms with Gasteiger partial charge in [0.25, 0.3) is 0 Å². The second-order valence-corrected chi connectivity index (χ2v) is 7.23. The molecule has 0 atom stereocenters. The van der Waals surface area contributed by atoms with Gasteiger partial charge in [0.1, 0.15) is 5.60 Å². The molecule has 0 unspecified atom stereocenters. The number of aryl methyl sites for hydroxylation is 1. The quantitative estimate of drug-likeness (QED) is 0.728. The molecule has 0 aliphatic heterocycles. The molecule has 0 radical (unpaired) electrons. The Balaban J connectivity index is 1.81. The molecule has 24 heavy (non-hydrogen) atoms. The molecule has 0 bridgehead atoms. The average molecular weight is 344 g/mol. The highest BCUT2D eigenvalue weighted by molar-refractivity contribution is 7.10. The molecular formula is C17H20N4O2S. The van der Waals surface area contributed by atoms with Gasteiger partial charge < -0.3 is 9.72 Å². The zero-order valence-electron chi connectivity index (χ0n) is 14.1. The molecule has 2 heterocycles. The van der Waals surface area contributed by atoms with E-state index in [9.17, 15) is 4.79 Å². The topological polar surface area (TPSA) is 79.9 Å². The van der Waals surface area contributed by atoms with E-state index in [-0.39, 0.29) is 0 Å². The van der Waals surface area contributed by atoms with Crippen molar-refractivity contribution in [1.29, 1.82) is 0 Å². The van der Waals surface area contributed by atoms with E-state index in [0.717, 1.165) is 29.0 Å². The van der Waals surface area contributed by atoms with Gasteiger partial charge in [0.2, 0.25) is 5.13 Å². The highest BCUT2D eigenvalue weighted by Crippen LogP contribution is 2.27. The molecule has 0 saturated carbocycles. The van der Waals surface area contributed by atoms with Crippen LogP contribution < -0.4 is 5.32 Å². The number of aromatic nitrogens is 3. The van der Waals surface area contributed by atoms with Crippen molar-refractivity contribution in [2.75, 3.05) is 5.32 Å². The monoisotopic (exact) mass is 344 g/mol. The molecular weight excluding hydrogens is 324 g/mol. The molecule has 0 fully saturated rings. The molecule has 0 spiro atoms. The number of carbonyl (C=O) groups is 1. The first-order valence-corrected chi connectivity index (χ1v) is 8.57. The number of rotatable bonds is 3. The lowest BCUT2D eigenvalue weighted by Crippen LogP contribution is -2.27. The lowest BCUT2D eigenvalue weighted by atomic mass is 10.1. The predicted octanol–water partition coefficient (Wildman–Crippen LogP) is 4.60. The molecule has 6 nitrogen and oxygen atoms in total. The summed E-state index contributed by atoms with van der Waals surface area (Å²) < 4.78 is 9.55. The van der Waals surface area contributed by atoms with Gasteiger partial charge in [-0.3, -0.25) is 5.32 Å². The van der Waals surface area contributed by atoms with E-state index >= 15 is 0 Å². The van der Waals surface area contributed by atoms with Crippen molar-refractivity contribution in [3.8, 4) is 11.4 Å². The normalized spacial score (nSPS) is 11.7. The number of benzene rings is 1. The zero-order chi connectivity index (χ0) is 17.3. The summed E-state index contributed by atoms with van der Waals surface area (Å²) in [6.07, 6.45) is 2.46. The van der Waals surface area contributed by atoms with Gasteiger partial charge in [-0.15, -0.1) is 0 Å². The first kappa shape index (κ1) is 16.4. The van der Waals surface area contributed by atoms with Crippen LogP contribution in [-0.4, -0.2) is 26.0 Å². The van der Waals surface area contributed by atoms with Crippen LogP contribution in [0.1, 0.15) is 33.3 Å². The molecule has 0 saturated heterocycles. The number of H-pyrrole nitrogens is 1. The Morgan fingerprint density at radius 1 is 1.38 bits per heavy atom. The molecule has 0 aliphatic rings. The second-order valence-electron chi connectivity index (χ2n) is 6.48. The van der Waals surface area contributed by atoms with Crippen LogP contribution in [0, 0.1) is 0 Å². The number of hydrogen-bond acceptors (Lipinski definition) is 5. The number of aromatic amines is 1. The maximum Gasteiger partial charge on any atom is 0.414 e. The lowest BCUT2D eigenvalue weighted by Gasteiger charge is -2.18. The molecule has 3 rings (SSSR count). The number of hydrogen-bond donors (Lipinski definition) is 2. The lowest BCUT2D eigenvalue weighted by molar-refractivity contribution is 0.0636. The van der Waals surface area contributed by atoms with E-state index in [1.807, 2.05) is 39.1 Å². The van der Waals surface area contributed by atoms with Crippen LogP contribution in [0.3, 0.4) is 0 Å². The van der Waals surface area contributed by atoms with E-state index in [1.165, 1.54) is 10.9 Å². The van der Waals surface area contributed by atoms with Crippen LogP contribution in [-0.2, 0) is 11.2 Å². The predicted molar refractivity (Wildman–Crippen MR) is 96.4 cm³/mol. The number of nitrogens with one attached hydrogen (secondary N) is 2. The van der Waals surface area contributed by atoms with Crippen LogP contribution >= 0.6 is 11.5 Å². The maximum atomic E-state index is 11.8. The second kappa shape index (κ2) is 6.24. The van der Waals surface area contributed by atoms with Crippen molar-refractivity contribution in [3.63, 3.8) is 0 Å². The van der Waals surface area contributed by atoms with E-state index in [4.69, 9.17) is 4.74 Å². The minimum absolute atomic E-state index is 0.420. The van der Waals surface area contributed by atoms with Gasteiger partial charge in [0.15, 0.2) is 5.82 Å². The largest absolute Gasteiger partial charge is 0.444 e. The van der Waals surface area contributed by atoms with Crippen LogP contribution in [0.25, 0.3) is 22.3 Å². The van der Waals surface area contributed by atoms with Gasteiger partial charge in [0, 0.05) is 34.2 Å². The molecule has 7 heteroatoms. The van der Waals surface area contributed by atoms with Crippen molar-refractivity contribution in [1.82, 2.24) is 14.3 Å². The van der Waals surface area contributed by atoms with Crippen molar-refractivity contribution < 1.29 is 9.53 Å². The highest BCUT2D eigenvalue weighted by Gasteiger charge is 2.18. The molecule has 2 aromatic heterocycles. The molecule has 2 N–H and O–H groups in total. The van der Waals surface area contributed by atoms with Crippen molar-refractivity contribution >= 4 is 33.7 Å². The summed E-state index contributed by atoms with van der Waals surface area (Å²) >= 11 is 1.14. The summed E-state index contributed by atoms with van der Waals surface area (Å²) in [4.78, 5) is 19.4. The van der Waals surface area contributed by atoms with E-state index in [0.29, 0.717) is 11.0 Å². The molecule has 1 amide bonds. The first-order valence-electron chi connectivity index (χ1n) is 7.80. The number of anilines is 1. The third-order valence-corrected chi connectivity index (χ3v) is 4.07. The third-order valence-electron chi connectivity index (χ3n) is 3.44. The summed E-state index contributed by atoms with van der Waals surface area (Å²) in [6.45, 7) is 7.57. The van der Waals surface area contributed by atoms with Crippen LogP contribution in [0.5, 0.6) is 0 Å². The van der Waals surface area contributed by atoms with Crippen LogP contribution in [0.2, 0.25) is 0 Å². The Morgan fingerprint density at radius 3 is 2.88 bits per heavy atom. The fraction of sp³-hybridized carbons (Fsp3) is 0.353. The van der Waals surface area contributed by atoms with Gasteiger partial charge in [-0.25, -0.2) is 4.79 Å². The molecule has 3 aromatic rings. The van der Waals surface area contributed by atoms with Gasteiger partial charge in [-0.05, 0) is 51.0 Å². The summed E-state index contributed by atoms with van der Waals surface area (Å²) in [5, 5.41) is 4.21. The molecule has 0 aliphatic carbocycles. The summed E-state index contributed by atoms with van der Waals surface area (Å²) in [5.41, 5.74) is 2.73. The Morgan fingerprint density at radius 2 is 2.17 bits per heavy atom. The standard InChI is InChI=1S/C17H20N4O2S/c1-5-10-9-18-13-7-6-11(8-12(10)13)14-19-15(24-21-14)20-16(22)23-17(2,3)4/h6-9,18H,5H2,1-4H3,(H,19,20,21,22). The van der Waals surface area contributed by atoms with E-state index < -0.39 is 11.7 Å². The maximum absolute atomic E-state index is 11.8. The number of nitrogens with zero attached hydrogens (tertiary/aromatic N) is 2. The SMILES string of the molecule is CCc1c[nH]c2ccc(-c3nsc(NC(=O)OC(C)(C)C)n3)cc12. The Bertz CT molecular complexity index is 876. The van der Waals surface area contributed by atoms with Crippen molar-refractivity contribution in [2.45, 2.75) is 39.7 Å². The molecule has 126 valence electrons. The molecule has 1 aromatic carbocycles. The third kappa shape index (κ3) is 3.56. The van der Waals surface area contributed by atoms with Gasteiger partial charge in [-0.2, -0.15) is 9.36 Å². The first-order chi connectivity index (χ1) is 11.4. The minimum atomic E-state index is -0.548. The average Bonchev–Trinajstić information content (AvgIpc) is 3.10. The smallest absolute Gasteiger partial charge is 0.414 e. The number of carbonyl (C=O) groups excluding carboxylic acids is 1. The van der Waals surface area contributed by atoms with Crippen molar-refractivity contribution in [3.05, 3.63) is 30.0 Å².